The molecule has 3 heterocycles. The van der Waals surface area contributed by atoms with Gasteiger partial charge in [0.15, 0.2) is 0 Å². The molecule has 0 aliphatic carbocycles. The van der Waals surface area contributed by atoms with Crippen LogP contribution < -0.4 is 5.32 Å². The van der Waals surface area contributed by atoms with Crippen LogP contribution in [-0.2, 0) is 19.9 Å². The van der Waals surface area contributed by atoms with Crippen molar-refractivity contribution < 1.29 is 4.79 Å². The molecule has 1 atom stereocenters. The van der Waals surface area contributed by atoms with E-state index in [1.54, 1.807) is 4.68 Å². The SMILES string of the molecule is CC[C@H]1c2ccsc2CCN1C(=O)NCCc1cnn(C)c1. The van der Waals surface area contributed by atoms with Crippen molar-refractivity contribution in [3.63, 3.8) is 0 Å². The number of rotatable bonds is 4. The van der Waals surface area contributed by atoms with Crippen LogP contribution in [0.4, 0.5) is 4.79 Å². The number of urea groups is 1. The molecule has 0 aromatic carbocycles. The third-order valence-corrected chi connectivity index (χ3v) is 5.19. The Labute approximate surface area is 134 Å². The summed E-state index contributed by atoms with van der Waals surface area (Å²) in [5.74, 6) is 0. The first-order valence-corrected chi connectivity index (χ1v) is 8.65. The smallest absolute Gasteiger partial charge is 0.317 e. The van der Waals surface area contributed by atoms with Crippen LogP contribution in [0.2, 0.25) is 0 Å². The Morgan fingerprint density at radius 2 is 2.41 bits per heavy atom. The van der Waals surface area contributed by atoms with Crippen molar-refractivity contribution in [2.75, 3.05) is 13.1 Å². The second kappa shape index (κ2) is 6.52. The molecule has 0 radical (unpaired) electrons. The van der Waals surface area contributed by atoms with E-state index in [1.807, 2.05) is 35.7 Å². The number of aromatic nitrogens is 2. The van der Waals surface area contributed by atoms with E-state index >= 15 is 0 Å². The zero-order valence-corrected chi connectivity index (χ0v) is 13.9. The summed E-state index contributed by atoms with van der Waals surface area (Å²) in [6.45, 7) is 3.60. The highest BCUT2D eigenvalue weighted by Gasteiger charge is 2.29. The molecule has 2 aromatic heterocycles. The second-order valence-electron chi connectivity index (χ2n) is 5.67. The van der Waals surface area contributed by atoms with Crippen molar-refractivity contribution >= 4 is 17.4 Å². The number of fused-ring (bicyclic) bond motifs is 1. The van der Waals surface area contributed by atoms with Crippen LogP contribution in [0, 0.1) is 0 Å². The van der Waals surface area contributed by atoms with Crippen molar-refractivity contribution in [2.24, 2.45) is 7.05 Å². The topological polar surface area (TPSA) is 50.2 Å². The zero-order valence-electron chi connectivity index (χ0n) is 13.1. The molecule has 0 fully saturated rings. The first-order valence-electron chi connectivity index (χ1n) is 7.77. The van der Waals surface area contributed by atoms with Crippen LogP contribution in [-0.4, -0.2) is 33.8 Å². The second-order valence-corrected chi connectivity index (χ2v) is 6.67. The van der Waals surface area contributed by atoms with Crippen LogP contribution >= 0.6 is 11.3 Å². The summed E-state index contributed by atoms with van der Waals surface area (Å²) in [6, 6.07) is 2.43. The first-order chi connectivity index (χ1) is 10.7. The highest BCUT2D eigenvalue weighted by Crippen LogP contribution is 2.35. The lowest BCUT2D eigenvalue weighted by Gasteiger charge is -2.35. The molecule has 1 aliphatic heterocycles. The fourth-order valence-electron chi connectivity index (χ4n) is 3.10. The Morgan fingerprint density at radius 1 is 1.55 bits per heavy atom. The highest BCUT2D eigenvalue weighted by atomic mass is 32.1. The molecular weight excluding hydrogens is 296 g/mol. The Balaban J connectivity index is 1.58. The molecule has 0 bridgehead atoms. The summed E-state index contributed by atoms with van der Waals surface area (Å²) < 4.78 is 1.78. The molecule has 2 aromatic rings. The molecule has 6 heteroatoms. The summed E-state index contributed by atoms with van der Waals surface area (Å²) in [6.07, 6.45) is 6.58. The van der Waals surface area contributed by atoms with Gasteiger partial charge in [-0.2, -0.15) is 5.10 Å². The number of hydrogen-bond donors (Lipinski definition) is 1. The lowest BCUT2D eigenvalue weighted by molar-refractivity contribution is 0.168. The minimum absolute atomic E-state index is 0.0487. The third kappa shape index (κ3) is 3.02. The van der Waals surface area contributed by atoms with Gasteiger partial charge in [-0.1, -0.05) is 6.92 Å². The number of nitrogens with zero attached hydrogens (tertiary/aromatic N) is 3. The number of carbonyl (C=O) groups excluding carboxylic acids is 1. The predicted octanol–water partition coefficient (Wildman–Crippen LogP) is 2.74. The molecule has 118 valence electrons. The van der Waals surface area contributed by atoms with Crippen LogP contribution in [0.3, 0.4) is 0 Å². The summed E-state index contributed by atoms with van der Waals surface area (Å²) in [7, 11) is 1.90. The Hall–Kier alpha value is -1.82. The van der Waals surface area contributed by atoms with Gasteiger partial charge in [0.25, 0.3) is 0 Å². The molecule has 22 heavy (non-hydrogen) atoms. The number of nitrogens with one attached hydrogen (secondary N) is 1. The molecule has 1 N–H and O–H groups in total. The van der Waals surface area contributed by atoms with E-state index in [2.05, 4.69) is 28.8 Å². The third-order valence-electron chi connectivity index (χ3n) is 4.19. The average Bonchev–Trinajstić information content (AvgIpc) is 3.14. The Bertz CT molecular complexity index is 648. The van der Waals surface area contributed by atoms with Gasteiger partial charge < -0.3 is 10.2 Å². The lowest BCUT2D eigenvalue weighted by atomic mass is 9.98. The largest absolute Gasteiger partial charge is 0.338 e. The normalized spacial score (nSPS) is 17.4. The van der Waals surface area contributed by atoms with Gasteiger partial charge >= 0.3 is 6.03 Å². The monoisotopic (exact) mass is 318 g/mol. The molecule has 0 unspecified atom stereocenters. The quantitative estimate of drug-likeness (QED) is 0.942. The van der Waals surface area contributed by atoms with Crippen LogP contribution in [0.5, 0.6) is 0 Å². The molecule has 2 amide bonds. The van der Waals surface area contributed by atoms with Gasteiger partial charge in [-0.05, 0) is 41.8 Å². The van der Waals surface area contributed by atoms with Crippen LogP contribution in [0.25, 0.3) is 0 Å². The summed E-state index contributed by atoms with van der Waals surface area (Å²) >= 11 is 1.81. The summed E-state index contributed by atoms with van der Waals surface area (Å²) in [5, 5.41) is 9.33. The van der Waals surface area contributed by atoms with E-state index in [9.17, 15) is 4.79 Å². The van der Waals surface area contributed by atoms with E-state index in [-0.39, 0.29) is 12.1 Å². The molecule has 0 spiro atoms. The van der Waals surface area contributed by atoms with Crippen molar-refractivity contribution in [1.29, 1.82) is 0 Å². The maximum Gasteiger partial charge on any atom is 0.317 e. The minimum atomic E-state index is 0.0487. The van der Waals surface area contributed by atoms with Crippen molar-refractivity contribution in [3.05, 3.63) is 39.8 Å². The van der Waals surface area contributed by atoms with Crippen LogP contribution in [0.1, 0.15) is 35.4 Å². The zero-order chi connectivity index (χ0) is 15.5. The Morgan fingerprint density at radius 3 is 3.14 bits per heavy atom. The van der Waals surface area contributed by atoms with Gasteiger partial charge in [0.1, 0.15) is 0 Å². The van der Waals surface area contributed by atoms with E-state index < -0.39 is 0 Å². The number of thiophene rings is 1. The van der Waals surface area contributed by atoms with E-state index in [1.165, 1.54) is 10.4 Å². The minimum Gasteiger partial charge on any atom is -0.338 e. The number of aryl methyl sites for hydroxylation is 1. The first kappa shape index (κ1) is 15.1. The van der Waals surface area contributed by atoms with Crippen LogP contribution in [0.15, 0.2) is 23.8 Å². The maximum absolute atomic E-state index is 12.5. The fraction of sp³-hybridized carbons (Fsp3) is 0.500. The van der Waals surface area contributed by atoms with Gasteiger partial charge in [-0.15, -0.1) is 11.3 Å². The fourth-order valence-corrected chi connectivity index (χ4v) is 4.02. The predicted molar refractivity (Wildman–Crippen MR) is 88.1 cm³/mol. The molecule has 3 rings (SSSR count). The molecule has 0 saturated carbocycles. The lowest BCUT2D eigenvalue weighted by Crippen LogP contribution is -2.45. The van der Waals surface area contributed by atoms with Crippen molar-refractivity contribution in [1.82, 2.24) is 20.0 Å². The number of hydrogen-bond acceptors (Lipinski definition) is 3. The van der Waals surface area contributed by atoms with Gasteiger partial charge in [-0.25, -0.2) is 4.79 Å². The van der Waals surface area contributed by atoms with Gasteiger partial charge in [-0.3, -0.25) is 4.68 Å². The number of amides is 2. The Kier molecular flexibility index (Phi) is 4.47. The standard InChI is InChI=1S/C16H22N4OS/c1-3-14-13-6-9-22-15(13)5-8-20(14)16(21)17-7-4-12-10-18-19(2)11-12/h6,9-11,14H,3-5,7-8H2,1-2H3,(H,17,21)/t14-/m0/s1. The van der Waals surface area contributed by atoms with E-state index in [4.69, 9.17) is 0 Å². The van der Waals surface area contributed by atoms with E-state index in [0.717, 1.165) is 31.4 Å². The van der Waals surface area contributed by atoms with Crippen molar-refractivity contribution in [3.8, 4) is 0 Å². The molecular formula is C16H22N4OS. The van der Waals surface area contributed by atoms with Gasteiger partial charge in [0.05, 0.1) is 12.2 Å². The van der Waals surface area contributed by atoms with E-state index in [0.29, 0.717) is 6.54 Å². The molecule has 5 nitrogen and oxygen atoms in total. The van der Waals surface area contributed by atoms with Gasteiger partial charge in [0, 0.05) is 31.2 Å². The van der Waals surface area contributed by atoms with Gasteiger partial charge in [0.2, 0.25) is 0 Å². The molecule has 0 saturated heterocycles. The van der Waals surface area contributed by atoms with Crippen molar-refractivity contribution in [2.45, 2.75) is 32.2 Å². The maximum atomic E-state index is 12.5. The molecule has 1 aliphatic rings. The summed E-state index contributed by atoms with van der Waals surface area (Å²) in [4.78, 5) is 15.9. The highest BCUT2D eigenvalue weighted by molar-refractivity contribution is 7.10. The number of carbonyl (C=O) groups is 1. The summed E-state index contributed by atoms with van der Waals surface area (Å²) in [5.41, 5.74) is 2.48. The average molecular weight is 318 g/mol.